The Morgan fingerprint density at radius 1 is 1.39 bits per heavy atom. The van der Waals surface area contributed by atoms with Crippen molar-refractivity contribution >= 4 is 5.91 Å². The van der Waals surface area contributed by atoms with Crippen molar-refractivity contribution in [3.8, 4) is 0 Å². The van der Waals surface area contributed by atoms with E-state index in [2.05, 4.69) is 36.5 Å². The molecule has 1 atom stereocenters. The molecule has 0 aliphatic carbocycles. The molecule has 4 nitrogen and oxygen atoms in total. The van der Waals surface area contributed by atoms with Crippen molar-refractivity contribution in [2.24, 2.45) is 5.73 Å². The molecule has 0 aromatic heterocycles. The van der Waals surface area contributed by atoms with Gasteiger partial charge in [-0.15, -0.1) is 0 Å². The molecule has 1 aromatic carbocycles. The molecule has 4 heteroatoms. The predicted molar refractivity (Wildman–Crippen MR) is 72.2 cm³/mol. The second kappa shape index (κ2) is 8.66. The molecule has 0 heterocycles. The number of rotatable bonds is 9. The van der Waals surface area contributed by atoms with Crippen LogP contribution in [0.25, 0.3) is 0 Å². The van der Waals surface area contributed by atoms with Crippen LogP contribution < -0.4 is 11.1 Å². The molecule has 1 rings (SSSR count). The van der Waals surface area contributed by atoms with E-state index in [1.165, 1.54) is 5.56 Å². The number of hydrogen-bond acceptors (Lipinski definition) is 3. The van der Waals surface area contributed by atoms with Crippen LogP contribution in [0.4, 0.5) is 0 Å². The normalized spacial score (nSPS) is 12.3. The molecule has 0 saturated carbocycles. The third-order valence-corrected chi connectivity index (χ3v) is 2.74. The lowest BCUT2D eigenvalue weighted by molar-refractivity contribution is -0.122. The molecule has 1 unspecified atom stereocenters. The second-order valence-electron chi connectivity index (χ2n) is 4.27. The van der Waals surface area contributed by atoms with Gasteiger partial charge in [-0.1, -0.05) is 37.3 Å². The second-order valence-corrected chi connectivity index (χ2v) is 4.27. The predicted octanol–water partition coefficient (Wildman–Crippen LogP) is 1.10. The van der Waals surface area contributed by atoms with Gasteiger partial charge in [0.1, 0.15) is 6.61 Å². The average molecular weight is 250 g/mol. The molecule has 0 bridgehead atoms. The topological polar surface area (TPSA) is 64.3 Å². The standard InChI is InChI=1S/C14H22N2O2/c1-2-13(10-12-6-4-3-5-7-12)16-8-9-18-11-14(15)17/h3-7,13,16H,2,8-11H2,1H3,(H2,15,17). The SMILES string of the molecule is CCC(Cc1ccccc1)NCCOCC(N)=O. The fraction of sp³-hybridized carbons (Fsp3) is 0.500. The summed E-state index contributed by atoms with van der Waals surface area (Å²) in [5.41, 5.74) is 6.31. The summed E-state index contributed by atoms with van der Waals surface area (Å²) < 4.78 is 5.10. The zero-order valence-corrected chi connectivity index (χ0v) is 10.9. The first-order valence-corrected chi connectivity index (χ1v) is 6.35. The number of carbonyl (C=O) groups excluding carboxylic acids is 1. The highest BCUT2D eigenvalue weighted by Crippen LogP contribution is 2.05. The summed E-state index contributed by atoms with van der Waals surface area (Å²) in [5, 5.41) is 3.41. The summed E-state index contributed by atoms with van der Waals surface area (Å²) in [7, 11) is 0. The third kappa shape index (κ3) is 6.37. The maximum atomic E-state index is 10.5. The van der Waals surface area contributed by atoms with Crippen molar-refractivity contribution in [2.75, 3.05) is 19.8 Å². The van der Waals surface area contributed by atoms with Crippen molar-refractivity contribution in [3.63, 3.8) is 0 Å². The van der Waals surface area contributed by atoms with Crippen molar-refractivity contribution in [2.45, 2.75) is 25.8 Å². The number of hydrogen-bond donors (Lipinski definition) is 2. The highest BCUT2D eigenvalue weighted by atomic mass is 16.5. The Bertz CT molecular complexity index is 341. The van der Waals surface area contributed by atoms with Gasteiger partial charge in [0.25, 0.3) is 0 Å². The maximum absolute atomic E-state index is 10.5. The van der Waals surface area contributed by atoms with E-state index in [-0.39, 0.29) is 6.61 Å². The Hall–Kier alpha value is -1.39. The number of primary amides is 1. The van der Waals surface area contributed by atoms with Crippen LogP contribution in [-0.2, 0) is 16.0 Å². The average Bonchev–Trinajstić information content (AvgIpc) is 2.38. The number of carbonyl (C=O) groups is 1. The molecule has 1 amide bonds. The highest BCUT2D eigenvalue weighted by Gasteiger charge is 2.06. The number of nitrogens with two attached hydrogens (primary N) is 1. The minimum atomic E-state index is -0.425. The molecular formula is C14H22N2O2. The van der Waals surface area contributed by atoms with Crippen LogP contribution in [0.2, 0.25) is 0 Å². The van der Waals surface area contributed by atoms with E-state index < -0.39 is 5.91 Å². The van der Waals surface area contributed by atoms with Crippen LogP contribution in [0.5, 0.6) is 0 Å². The van der Waals surface area contributed by atoms with Crippen LogP contribution in [0.3, 0.4) is 0 Å². The molecule has 0 aliphatic rings. The van der Waals surface area contributed by atoms with Crippen LogP contribution in [-0.4, -0.2) is 31.7 Å². The van der Waals surface area contributed by atoms with E-state index in [0.717, 1.165) is 19.4 Å². The van der Waals surface area contributed by atoms with E-state index in [1.54, 1.807) is 0 Å². The Labute approximate surface area is 109 Å². The van der Waals surface area contributed by atoms with Gasteiger partial charge in [-0.05, 0) is 18.4 Å². The molecule has 18 heavy (non-hydrogen) atoms. The Morgan fingerprint density at radius 3 is 2.72 bits per heavy atom. The molecule has 0 saturated heterocycles. The fourth-order valence-corrected chi connectivity index (χ4v) is 1.77. The summed E-state index contributed by atoms with van der Waals surface area (Å²) in [6.07, 6.45) is 2.07. The van der Waals surface area contributed by atoms with E-state index in [4.69, 9.17) is 10.5 Å². The first kappa shape index (κ1) is 14.7. The van der Waals surface area contributed by atoms with E-state index in [1.807, 2.05) is 6.07 Å². The first-order chi connectivity index (χ1) is 8.72. The van der Waals surface area contributed by atoms with Crippen LogP contribution in [0.1, 0.15) is 18.9 Å². The Balaban J connectivity index is 2.20. The van der Waals surface area contributed by atoms with Crippen LogP contribution in [0.15, 0.2) is 30.3 Å². The summed E-state index contributed by atoms with van der Waals surface area (Å²) in [6.45, 7) is 3.40. The Kier molecular flexibility index (Phi) is 7.06. The van der Waals surface area contributed by atoms with E-state index >= 15 is 0 Å². The lowest BCUT2D eigenvalue weighted by Gasteiger charge is -2.17. The number of benzene rings is 1. The molecule has 0 aliphatic heterocycles. The van der Waals surface area contributed by atoms with Gasteiger partial charge in [-0.2, -0.15) is 0 Å². The fourth-order valence-electron chi connectivity index (χ4n) is 1.77. The number of nitrogens with one attached hydrogen (secondary N) is 1. The lowest BCUT2D eigenvalue weighted by Crippen LogP contribution is -2.33. The largest absolute Gasteiger partial charge is 0.370 e. The number of ether oxygens (including phenoxy) is 1. The molecule has 0 fully saturated rings. The molecular weight excluding hydrogens is 228 g/mol. The summed E-state index contributed by atoms with van der Waals surface area (Å²) in [5.74, 6) is -0.425. The zero-order valence-electron chi connectivity index (χ0n) is 10.9. The quantitative estimate of drug-likeness (QED) is 0.645. The van der Waals surface area contributed by atoms with Gasteiger partial charge in [0.15, 0.2) is 0 Å². The van der Waals surface area contributed by atoms with E-state index in [9.17, 15) is 4.79 Å². The summed E-state index contributed by atoms with van der Waals surface area (Å²) >= 11 is 0. The minimum Gasteiger partial charge on any atom is -0.370 e. The molecule has 1 aromatic rings. The lowest BCUT2D eigenvalue weighted by atomic mass is 10.0. The highest BCUT2D eigenvalue weighted by molar-refractivity contribution is 5.74. The number of amides is 1. The van der Waals surface area contributed by atoms with Crippen molar-refractivity contribution in [1.82, 2.24) is 5.32 Å². The van der Waals surface area contributed by atoms with Crippen molar-refractivity contribution < 1.29 is 9.53 Å². The monoisotopic (exact) mass is 250 g/mol. The van der Waals surface area contributed by atoms with Gasteiger partial charge < -0.3 is 15.8 Å². The molecule has 3 N–H and O–H groups in total. The molecule has 100 valence electrons. The van der Waals surface area contributed by atoms with Crippen molar-refractivity contribution in [1.29, 1.82) is 0 Å². The smallest absolute Gasteiger partial charge is 0.243 e. The first-order valence-electron chi connectivity index (χ1n) is 6.35. The summed E-state index contributed by atoms with van der Waals surface area (Å²) in [6, 6.07) is 10.8. The van der Waals surface area contributed by atoms with Gasteiger partial charge in [-0.25, -0.2) is 0 Å². The maximum Gasteiger partial charge on any atom is 0.243 e. The van der Waals surface area contributed by atoms with Gasteiger partial charge in [0, 0.05) is 12.6 Å². The third-order valence-electron chi connectivity index (χ3n) is 2.74. The zero-order chi connectivity index (χ0) is 13.2. The molecule has 0 radical (unpaired) electrons. The minimum absolute atomic E-state index is 0.00282. The van der Waals surface area contributed by atoms with Crippen LogP contribution in [0, 0.1) is 0 Å². The van der Waals surface area contributed by atoms with E-state index in [0.29, 0.717) is 12.6 Å². The van der Waals surface area contributed by atoms with Crippen molar-refractivity contribution in [3.05, 3.63) is 35.9 Å². The van der Waals surface area contributed by atoms with Gasteiger partial charge >= 0.3 is 0 Å². The van der Waals surface area contributed by atoms with Gasteiger partial charge in [0.2, 0.25) is 5.91 Å². The van der Waals surface area contributed by atoms with Crippen LogP contribution >= 0.6 is 0 Å². The molecule has 0 spiro atoms. The van der Waals surface area contributed by atoms with Gasteiger partial charge in [0.05, 0.1) is 6.61 Å². The van der Waals surface area contributed by atoms with Gasteiger partial charge in [-0.3, -0.25) is 4.79 Å². The Morgan fingerprint density at radius 2 is 2.11 bits per heavy atom. The summed E-state index contributed by atoms with van der Waals surface area (Å²) in [4.78, 5) is 10.5.